The molecule has 1 aliphatic rings. The van der Waals surface area contributed by atoms with E-state index in [0.29, 0.717) is 5.88 Å². The molecule has 1 unspecified atom stereocenters. The number of hydrogen-bond acceptors (Lipinski definition) is 4. The Hall–Kier alpha value is -1.49. The quantitative estimate of drug-likeness (QED) is 0.828. The molecule has 16 heavy (non-hydrogen) atoms. The molecule has 2 heterocycles. The minimum Gasteiger partial charge on any atom is -0.475 e. The lowest BCUT2D eigenvalue weighted by molar-refractivity contribution is 0.0663. The van der Waals surface area contributed by atoms with Crippen molar-refractivity contribution in [3.63, 3.8) is 0 Å². The largest absolute Gasteiger partial charge is 0.475 e. The Morgan fingerprint density at radius 3 is 3.06 bits per heavy atom. The second-order valence-corrected chi connectivity index (χ2v) is 3.92. The monoisotopic (exact) mass is 225 g/mol. The van der Waals surface area contributed by atoms with E-state index in [9.17, 15) is 4.79 Å². The number of carbonyl (C=O) groups is 1. The molecule has 0 aromatic carbocycles. The molecule has 1 fully saturated rings. The maximum atomic E-state index is 10.7. The van der Waals surface area contributed by atoms with Gasteiger partial charge in [0.05, 0.1) is 6.10 Å². The van der Waals surface area contributed by atoms with Crippen LogP contribution in [0.5, 0.6) is 0 Å². The van der Waals surface area contributed by atoms with Crippen molar-refractivity contribution >= 4 is 11.9 Å². The number of nitrogens with zero attached hydrogens (tertiary/aromatic N) is 1. The molecule has 0 spiro atoms. The number of aromatic carboxylic acids is 1. The van der Waals surface area contributed by atoms with Crippen LogP contribution in [0.15, 0.2) is 16.5 Å². The highest BCUT2D eigenvalue weighted by atomic mass is 16.5. The Balaban J connectivity index is 2.12. The van der Waals surface area contributed by atoms with E-state index in [1.165, 1.54) is 6.07 Å². The zero-order chi connectivity index (χ0) is 11.5. The predicted octanol–water partition coefficient (Wildman–Crippen LogP) is 1.59. The van der Waals surface area contributed by atoms with Gasteiger partial charge in [-0.1, -0.05) is 0 Å². The number of anilines is 1. The minimum absolute atomic E-state index is 0.0205. The first-order valence-electron chi connectivity index (χ1n) is 5.36. The van der Waals surface area contributed by atoms with Crippen LogP contribution in [-0.2, 0) is 4.74 Å². The lowest BCUT2D eigenvalue weighted by Crippen LogP contribution is -2.29. The van der Waals surface area contributed by atoms with E-state index in [1.807, 2.05) is 11.8 Å². The number of carboxylic acid groups (broad SMARTS) is 1. The number of hydrogen-bond donors (Lipinski definition) is 1. The second-order valence-electron chi connectivity index (χ2n) is 3.92. The SMILES string of the molecule is CC1CN(c2ccc(C(=O)O)o2)CCCO1. The molecule has 0 amide bonds. The summed E-state index contributed by atoms with van der Waals surface area (Å²) in [5.74, 6) is -0.451. The van der Waals surface area contributed by atoms with Crippen LogP contribution < -0.4 is 4.90 Å². The van der Waals surface area contributed by atoms with E-state index in [1.54, 1.807) is 6.07 Å². The van der Waals surface area contributed by atoms with E-state index in [0.717, 1.165) is 26.1 Å². The highest BCUT2D eigenvalue weighted by Crippen LogP contribution is 2.21. The summed E-state index contributed by atoms with van der Waals surface area (Å²) in [5, 5.41) is 8.77. The third-order valence-corrected chi connectivity index (χ3v) is 2.57. The van der Waals surface area contributed by atoms with E-state index in [4.69, 9.17) is 14.3 Å². The Bertz CT molecular complexity index is 374. The summed E-state index contributed by atoms with van der Waals surface area (Å²) in [6.45, 7) is 4.30. The van der Waals surface area contributed by atoms with Gasteiger partial charge in [0.2, 0.25) is 5.76 Å². The van der Waals surface area contributed by atoms with Crippen LogP contribution in [0.4, 0.5) is 5.88 Å². The standard InChI is InChI=1S/C11H15NO4/c1-8-7-12(5-2-6-15-8)10-4-3-9(16-10)11(13)14/h3-4,8H,2,5-7H2,1H3,(H,13,14). The molecule has 1 aliphatic heterocycles. The molecule has 2 rings (SSSR count). The molecule has 1 saturated heterocycles. The van der Waals surface area contributed by atoms with E-state index >= 15 is 0 Å². The van der Waals surface area contributed by atoms with Crippen molar-refractivity contribution in [2.24, 2.45) is 0 Å². The van der Waals surface area contributed by atoms with Gasteiger partial charge in [-0.05, 0) is 19.4 Å². The van der Waals surface area contributed by atoms with E-state index in [2.05, 4.69) is 0 Å². The average Bonchev–Trinajstić information content (AvgIpc) is 2.63. The van der Waals surface area contributed by atoms with Crippen molar-refractivity contribution < 1.29 is 19.1 Å². The zero-order valence-corrected chi connectivity index (χ0v) is 9.18. The van der Waals surface area contributed by atoms with Gasteiger partial charge in [0.15, 0.2) is 5.88 Å². The fourth-order valence-corrected chi connectivity index (χ4v) is 1.81. The molecule has 1 atom stereocenters. The summed E-state index contributed by atoms with van der Waals surface area (Å²) in [4.78, 5) is 12.7. The van der Waals surface area contributed by atoms with Gasteiger partial charge in [-0.3, -0.25) is 0 Å². The Morgan fingerprint density at radius 2 is 2.38 bits per heavy atom. The lowest BCUT2D eigenvalue weighted by Gasteiger charge is -2.20. The van der Waals surface area contributed by atoms with Crippen LogP contribution in [0.1, 0.15) is 23.9 Å². The third kappa shape index (κ3) is 2.36. The molecule has 1 N–H and O–H groups in total. The van der Waals surface area contributed by atoms with Gasteiger partial charge in [0, 0.05) is 25.8 Å². The van der Waals surface area contributed by atoms with Crippen molar-refractivity contribution in [2.75, 3.05) is 24.6 Å². The summed E-state index contributed by atoms with van der Waals surface area (Å²) in [6.07, 6.45) is 1.06. The average molecular weight is 225 g/mol. The van der Waals surface area contributed by atoms with Crippen LogP contribution >= 0.6 is 0 Å². The molecule has 5 nitrogen and oxygen atoms in total. The van der Waals surface area contributed by atoms with Crippen LogP contribution in [-0.4, -0.2) is 36.9 Å². The van der Waals surface area contributed by atoms with Gasteiger partial charge < -0.3 is 19.2 Å². The summed E-state index contributed by atoms with van der Waals surface area (Å²) >= 11 is 0. The van der Waals surface area contributed by atoms with Crippen molar-refractivity contribution in [1.29, 1.82) is 0 Å². The highest BCUT2D eigenvalue weighted by Gasteiger charge is 2.19. The molecule has 5 heteroatoms. The van der Waals surface area contributed by atoms with E-state index in [-0.39, 0.29) is 11.9 Å². The molecule has 0 bridgehead atoms. The van der Waals surface area contributed by atoms with Crippen LogP contribution in [0, 0.1) is 0 Å². The van der Waals surface area contributed by atoms with Crippen LogP contribution in [0.25, 0.3) is 0 Å². The highest BCUT2D eigenvalue weighted by molar-refractivity contribution is 5.84. The summed E-state index contributed by atoms with van der Waals surface area (Å²) < 4.78 is 10.8. The Labute approximate surface area is 93.6 Å². The maximum Gasteiger partial charge on any atom is 0.371 e. The first-order valence-corrected chi connectivity index (χ1v) is 5.36. The summed E-state index contributed by atoms with van der Waals surface area (Å²) in [6, 6.07) is 3.18. The van der Waals surface area contributed by atoms with Crippen molar-refractivity contribution in [1.82, 2.24) is 0 Å². The van der Waals surface area contributed by atoms with Crippen LogP contribution in [0.2, 0.25) is 0 Å². The van der Waals surface area contributed by atoms with Crippen LogP contribution in [0.3, 0.4) is 0 Å². The molecule has 1 aromatic heterocycles. The molecule has 1 aromatic rings. The molecule has 0 radical (unpaired) electrons. The summed E-state index contributed by atoms with van der Waals surface area (Å²) in [5.41, 5.74) is 0. The Kier molecular flexibility index (Phi) is 3.14. The van der Waals surface area contributed by atoms with Gasteiger partial charge in [0.25, 0.3) is 0 Å². The molecule has 0 aliphatic carbocycles. The van der Waals surface area contributed by atoms with Crippen molar-refractivity contribution in [3.05, 3.63) is 17.9 Å². The van der Waals surface area contributed by atoms with Gasteiger partial charge in [-0.2, -0.15) is 0 Å². The second kappa shape index (κ2) is 4.57. The molecule has 88 valence electrons. The normalized spacial score (nSPS) is 21.8. The maximum absolute atomic E-state index is 10.7. The number of furan rings is 1. The number of rotatable bonds is 2. The minimum atomic E-state index is -1.04. The summed E-state index contributed by atoms with van der Waals surface area (Å²) in [7, 11) is 0. The lowest BCUT2D eigenvalue weighted by atomic mass is 10.3. The van der Waals surface area contributed by atoms with Gasteiger partial charge in [-0.25, -0.2) is 4.79 Å². The Morgan fingerprint density at radius 1 is 1.56 bits per heavy atom. The topological polar surface area (TPSA) is 62.9 Å². The first-order chi connectivity index (χ1) is 7.66. The zero-order valence-electron chi connectivity index (χ0n) is 9.18. The van der Waals surface area contributed by atoms with Gasteiger partial charge in [0.1, 0.15) is 0 Å². The predicted molar refractivity (Wildman–Crippen MR) is 57.9 cm³/mol. The fraction of sp³-hybridized carbons (Fsp3) is 0.545. The van der Waals surface area contributed by atoms with Crippen molar-refractivity contribution in [2.45, 2.75) is 19.4 Å². The number of ether oxygens (including phenoxy) is 1. The molecule has 0 saturated carbocycles. The third-order valence-electron chi connectivity index (χ3n) is 2.57. The van der Waals surface area contributed by atoms with Gasteiger partial charge >= 0.3 is 5.97 Å². The smallest absolute Gasteiger partial charge is 0.371 e. The molecular formula is C11H15NO4. The molecular weight excluding hydrogens is 210 g/mol. The number of carboxylic acids is 1. The fourth-order valence-electron chi connectivity index (χ4n) is 1.81. The van der Waals surface area contributed by atoms with E-state index < -0.39 is 5.97 Å². The van der Waals surface area contributed by atoms with Gasteiger partial charge in [-0.15, -0.1) is 0 Å². The van der Waals surface area contributed by atoms with Crippen molar-refractivity contribution in [3.8, 4) is 0 Å². The first kappa shape index (κ1) is 11.0.